The molecule has 3 aromatic rings. The van der Waals surface area contributed by atoms with Crippen LogP contribution in [0.15, 0.2) is 89.8 Å². The number of hydrogen-bond donors (Lipinski definition) is 1. The monoisotopic (exact) mass is 436 g/mol. The zero-order valence-electron chi connectivity index (χ0n) is 17.0. The van der Waals surface area contributed by atoms with Crippen molar-refractivity contribution in [3.8, 4) is 0 Å². The molecule has 1 aliphatic rings. The predicted molar refractivity (Wildman–Crippen MR) is 120 cm³/mol. The van der Waals surface area contributed by atoms with Crippen LogP contribution in [0.1, 0.15) is 23.5 Å². The van der Waals surface area contributed by atoms with Crippen molar-refractivity contribution < 1.29 is 17.9 Å². The summed E-state index contributed by atoms with van der Waals surface area (Å²) in [6.45, 7) is 1.10. The average molecular weight is 437 g/mol. The third-order valence-electron chi connectivity index (χ3n) is 5.35. The van der Waals surface area contributed by atoms with Gasteiger partial charge in [-0.15, -0.1) is 0 Å². The molecule has 0 saturated carbocycles. The Morgan fingerprint density at radius 2 is 1.45 bits per heavy atom. The van der Waals surface area contributed by atoms with Crippen LogP contribution in [0.5, 0.6) is 0 Å². The van der Waals surface area contributed by atoms with Crippen LogP contribution in [0.25, 0.3) is 0 Å². The highest BCUT2D eigenvalue weighted by molar-refractivity contribution is 7.89. The van der Waals surface area contributed by atoms with Crippen LogP contribution in [0.4, 0.5) is 10.5 Å². The van der Waals surface area contributed by atoms with Gasteiger partial charge < -0.3 is 4.74 Å². The Morgan fingerprint density at radius 3 is 1.97 bits per heavy atom. The van der Waals surface area contributed by atoms with Gasteiger partial charge in [0.05, 0.1) is 11.4 Å². The van der Waals surface area contributed by atoms with E-state index >= 15 is 0 Å². The first-order valence-electron chi connectivity index (χ1n) is 10.2. The Hall–Kier alpha value is -3.16. The Labute approximate surface area is 182 Å². The second-order valence-corrected chi connectivity index (χ2v) is 9.09. The molecule has 0 radical (unpaired) electrons. The maximum absolute atomic E-state index is 12.8. The molecule has 4 rings (SSSR count). The van der Waals surface area contributed by atoms with Crippen LogP contribution in [0.2, 0.25) is 0 Å². The van der Waals surface area contributed by atoms with Crippen LogP contribution in [-0.4, -0.2) is 34.2 Å². The summed E-state index contributed by atoms with van der Waals surface area (Å²) in [6.07, 6.45) is 0.215. The maximum Gasteiger partial charge on any atom is 0.414 e. The van der Waals surface area contributed by atoms with E-state index in [4.69, 9.17) is 4.74 Å². The third kappa shape index (κ3) is 4.95. The normalized spacial score (nSPS) is 14.1. The van der Waals surface area contributed by atoms with Gasteiger partial charge in [-0.3, -0.25) is 4.90 Å². The molecule has 0 unspecified atom stereocenters. The molecule has 1 N–H and O–H groups in total. The fourth-order valence-corrected chi connectivity index (χ4v) is 4.80. The number of amides is 1. The summed E-state index contributed by atoms with van der Waals surface area (Å²) in [6, 6.07) is 26.4. The number of anilines is 1. The van der Waals surface area contributed by atoms with E-state index in [1.807, 2.05) is 36.4 Å². The lowest BCUT2D eigenvalue weighted by Gasteiger charge is -2.18. The highest BCUT2D eigenvalue weighted by Crippen LogP contribution is 2.28. The number of nitrogens with one attached hydrogen (secondary N) is 1. The first kappa shape index (κ1) is 21.1. The molecule has 0 aromatic heterocycles. The van der Waals surface area contributed by atoms with Crippen molar-refractivity contribution in [3.63, 3.8) is 0 Å². The Morgan fingerprint density at radius 1 is 0.871 bits per heavy atom. The van der Waals surface area contributed by atoms with Gasteiger partial charge in [-0.2, -0.15) is 0 Å². The van der Waals surface area contributed by atoms with Crippen LogP contribution >= 0.6 is 0 Å². The fraction of sp³-hybridized carbons (Fsp3) is 0.208. The first-order chi connectivity index (χ1) is 15.0. The average Bonchev–Trinajstić information content (AvgIpc) is 3.24. The van der Waals surface area contributed by atoms with E-state index in [0.29, 0.717) is 31.8 Å². The van der Waals surface area contributed by atoms with Crippen LogP contribution < -0.4 is 9.62 Å². The highest BCUT2D eigenvalue weighted by Gasteiger charge is 2.24. The van der Waals surface area contributed by atoms with Gasteiger partial charge in [0.25, 0.3) is 0 Å². The van der Waals surface area contributed by atoms with Gasteiger partial charge in [-0.1, -0.05) is 60.7 Å². The molecule has 6 nitrogen and oxygen atoms in total. The smallest absolute Gasteiger partial charge is 0.414 e. The van der Waals surface area contributed by atoms with Gasteiger partial charge in [0.1, 0.15) is 6.61 Å². The summed E-state index contributed by atoms with van der Waals surface area (Å²) in [5.41, 5.74) is 2.92. The van der Waals surface area contributed by atoms with Gasteiger partial charge in [0, 0.05) is 18.2 Å². The van der Waals surface area contributed by atoms with Crippen molar-refractivity contribution in [3.05, 3.63) is 96.1 Å². The van der Waals surface area contributed by atoms with Crippen LogP contribution in [0, 0.1) is 0 Å². The van der Waals surface area contributed by atoms with E-state index in [1.54, 1.807) is 12.1 Å². The lowest BCUT2D eigenvalue weighted by molar-refractivity contribution is 0.181. The summed E-state index contributed by atoms with van der Waals surface area (Å²) in [5.74, 6) is 0.0913. The standard InChI is InChI=1S/C24H24N2O4S/c27-24-26(17-18-30-24)21-11-13-22(14-12-21)31(28,29)25-16-15-23(19-7-3-1-4-8-19)20-9-5-2-6-10-20/h1-14,23,25H,15-18H2. The highest BCUT2D eigenvalue weighted by atomic mass is 32.2. The van der Waals surface area contributed by atoms with Crippen molar-refractivity contribution in [2.24, 2.45) is 0 Å². The summed E-state index contributed by atoms with van der Waals surface area (Å²) in [5, 5.41) is 0. The number of sulfonamides is 1. The molecule has 0 spiro atoms. The summed E-state index contributed by atoms with van der Waals surface area (Å²) in [4.78, 5) is 13.3. The third-order valence-corrected chi connectivity index (χ3v) is 6.83. The van der Waals surface area contributed by atoms with E-state index in [9.17, 15) is 13.2 Å². The Bertz CT molecular complexity index is 1080. The minimum Gasteiger partial charge on any atom is -0.447 e. The Kier molecular flexibility index (Phi) is 6.34. The molecule has 1 aliphatic heterocycles. The summed E-state index contributed by atoms with van der Waals surface area (Å²) in [7, 11) is -3.66. The molecule has 1 saturated heterocycles. The molecule has 31 heavy (non-hydrogen) atoms. The van der Waals surface area contributed by atoms with Crippen molar-refractivity contribution >= 4 is 21.8 Å². The molecular weight excluding hydrogens is 412 g/mol. The van der Waals surface area contributed by atoms with E-state index in [1.165, 1.54) is 17.0 Å². The molecule has 3 aromatic carbocycles. The molecule has 0 bridgehead atoms. The Balaban J connectivity index is 1.44. The van der Waals surface area contributed by atoms with Crippen LogP contribution in [-0.2, 0) is 14.8 Å². The largest absolute Gasteiger partial charge is 0.447 e. The number of ether oxygens (including phenoxy) is 1. The number of nitrogens with zero attached hydrogens (tertiary/aromatic N) is 1. The SMILES string of the molecule is O=C1OCCN1c1ccc(S(=O)(=O)NCCC(c2ccccc2)c2ccccc2)cc1. The quantitative estimate of drug-likeness (QED) is 0.576. The minimum atomic E-state index is -3.66. The second-order valence-electron chi connectivity index (χ2n) is 7.32. The predicted octanol–water partition coefficient (Wildman–Crippen LogP) is 4.14. The lowest BCUT2D eigenvalue weighted by atomic mass is 9.89. The number of cyclic esters (lactones) is 1. The van der Waals surface area contributed by atoms with Crippen molar-refractivity contribution in [2.75, 3.05) is 24.6 Å². The van der Waals surface area contributed by atoms with Gasteiger partial charge in [0.15, 0.2) is 0 Å². The number of rotatable bonds is 8. The summed E-state index contributed by atoms with van der Waals surface area (Å²) >= 11 is 0. The van der Waals surface area contributed by atoms with Gasteiger partial charge >= 0.3 is 6.09 Å². The molecule has 0 atom stereocenters. The van der Waals surface area contributed by atoms with Gasteiger partial charge in [-0.25, -0.2) is 17.9 Å². The zero-order chi connectivity index (χ0) is 21.7. The molecule has 160 valence electrons. The number of carbonyl (C=O) groups is 1. The molecule has 1 heterocycles. The summed E-state index contributed by atoms with van der Waals surface area (Å²) < 4.78 is 33.2. The molecule has 0 aliphatic carbocycles. The van der Waals surface area contributed by atoms with Crippen molar-refractivity contribution in [2.45, 2.75) is 17.2 Å². The molecular formula is C24H24N2O4S. The zero-order valence-corrected chi connectivity index (χ0v) is 17.8. The number of hydrogen-bond acceptors (Lipinski definition) is 4. The van der Waals surface area contributed by atoms with E-state index in [-0.39, 0.29) is 10.8 Å². The number of benzene rings is 3. The molecule has 1 amide bonds. The number of carbonyl (C=O) groups excluding carboxylic acids is 1. The topological polar surface area (TPSA) is 75.7 Å². The van der Waals surface area contributed by atoms with Gasteiger partial charge in [-0.05, 0) is 41.8 Å². The van der Waals surface area contributed by atoms with E-state index < -0.39 is 16.1 Å². The first-order valence-corrected chi connectivity index (χ1v) is 11.7. The lowest BCUT2D eigenvalue weighted by Crippen LogP contribution is -2.26. The molecule has 1 fully saturated rings. The van der Waals surface area contributed by atoms with Crippen LogP contribution in [0.3, 0.4) is 0 Å². The maximum atomic E-state index is 12.8. The van der Waals surface area contributed by atoms with Crippen molar-refractivity contribution in [1.29, 1.82) is 0 Å². The minimum absolute atomic E-state index is 0.0913. The fourth-order valence-electron chi connectivity index (χ4n) is 3.75. The van der Waals surface area contributed by atoms with Gasteiger partial charge in [0.2, 0.25) is 10.0 Å². The van der Waals surface area contributed by atoms with E-state index in [0.717, 1.165) is 11.1 Å². The second kappa shape index (κ2) is 9.32. The molecule has 7 heteroatoms. The van der Waals surface area contributed by atoms with Crippen molar-refractivity contribution in [1.82, 2.24) is 4.72 Å². The van der Waals surface area contributed by atoms with E-state index in [2.05, 4.69) is 29.0 Å².